The van der Waals surface area contributed by atoms with Gasteiger partial charge in [-0.05, 0) is 105 Å². The van der Waals surface area contributed by atoms with Gasteiger partial charge in [-0.15, -0.1) is 0 Å². The van der Waals surface area contributed by atoms with Gasteiger partial charge in [0.15, 0.2) is 0 Å². The van der Waals surface area contributed by atoms with E-state index in [2.05, 4.69) is 32.4 Å². The van der Waals surface area contributed by atoms with Crippen molar-refractivity contribution in [2.45, 2.75) is 87.6 Å². The van der Waals surface area contributed by atoms with E-state index in [4.69, 9.17) is 40.5 Å². The number of halogens is 1. The van der Waals surface area contributed by atoms with E-state index in [1.807, 2.05) is 64.5 Å². The molecule has 2 aromatic heterocycles. The Bertz CT molecular complexity index is 2490. The molecule has 340 valence electrons. The molecule has 6 heterocycles. The predicted molar refractivity (Wildman–Crippen MR) is 237 cm³/mol. The predicted octanol–water partition coefficient (Wildman–Crippen LogP) is 6.15. The van der Waals surface area contributed by atoms with E-state index in [1.165, 1.54) is 14.2 Å². The maximum Gasteiger partial charge on any atom is 0.407 e. The molecule has 65 heavy (non-hydrogen) atoms. The van der Waals surface area contributed by atoms with Crippen molar-refractivity contribution < 1.29 is 38.1 Å². The van der Waals surface area contributed by atoms with E-state index in [-0.39, 0.29) is 47.8 Å². The van der Waals surface area contributed by atoms with Gasteiger partial charge in [-0.2, -0.15) is 0 Å². The molecule has 2 saturated carbocycles. The molecule has 0 bridgehead atoms. The summed E-state index contributed by atoms with van der Waals surface area (Å²) in [4.78, 5) is 73.4. The average Bonchev–Trinajstić information content (AvgIpc) is 3.99. The van der Waals surface area contributed by atoms with E-state index in [1.54, 1.807) is 0 Å². The summed E-state index contributed by atoms with van der Waals surface area (Å²) in [6, 6.07) is 14.0. The molecule has 0 radical (unpaired) electrons. The highest BCUT2D eigenvalue weighted by Crippen LogP contribution is 2.55. The highest BCUT2D eigenvalue weighted by molar-refractivity contribution is 6.31. The Morgan fingerprint density at radius 2 is 1.17 bits per heavy atom. The summed E-state index contributed by atoms with van der Waals surface area (Å²) in [5.41, 5.74) is 4.87. The zero-order valence-corrected chi connectivity index (χ0v) is 37.1. The largest absolute Gasteiger partial charge is 0.453 e. The van der Waals surface area contributed by atoms with Gasteiger partial charge in [0.05, 0.1) is 38.2 Å². The first-order valence-corrected chi connectivity index (χ1v) is 23.1. The number of likely N-dealkylation sites (tertiary alicyclic amines) is 2. The van der Waals surface area contributed by atoms with Crippen LogP contribution in [0.4, 0.5) is 9.59 Å². The molecular weight excluding hydrogens is 852 g/mol. The van der Waals surface area contributed by atoms with Crippen molar-refractivity contribution in [3.63, 3.8) is 0 Å². The second kappa shape index (κ2) is 18.2. The minimum atomic E-state index is -0.714. The van der Waals surface area contributed by atoms with Crippen LogP contribution < -0.4 is 10.6 Å². The number of carbonyl (C=O) groups is 4. The topological polar surface area (TPSA) is 193 Å². The first-order valence-electron chi connectivity index (χ1n) is 22.7. The third-order valence-corrected chi connectivity index (χ3v) is 14.5. The second-order valence-corrected chi connectivity index (χ2v) is 18.5. The molecule has 17 heteroatoms. The van der Waals surface area contributed by atoms with Gasteiger partial charge >= 0.3 is 12.2 Å². The van der Waals surface area contributed by atoms with Gasteiger partial charge < -0.3 is 49.3 Å². The number of hydrogen-bond acceptors (Lipinski definition) is 10. The molecule has 6 aliphatic rings. The van der Waals surface area contributed by atoms with Crippen LogP contribution in [0.1, 0.15) is 86.2 Å². The number of piperidine rings is 2. The van der Waals surface area contributed by atoms with Crippen molar-refractivity contribution in [2.75, 3.05) is 40.6 Å². The zero-order valence-electron chi connectivity index (χ0n) is 36.4. The molecule has 4 N–H and O–H groups in total. The summed E-state index contributed by atoms with van der Waals surface area (Å²) in [6.45, 7) is 2.21. The van der Waals surface area contributed by atoms with Crippen molar-refractivity contribution in [1.29, 1.82) is 0 Å². The second-order valence-electron chi connectivity index (χ2n) is 18.1. The van der Waals surface area contributed by atoms with Crippen LogP contribution in [-0.2, 0) is 28.5 Å². The van der Waals surface area contributed by atoms with Crippen molar-refractivity contribution in [1.82, 2.24) is 40.4 Å². The average molecular weight is 905 g/mol. The molecule has 16 nitrogen and oxygen atoms in total. The molecule has 4 aliphatic heterocycles. The summed E-state index contributed by atoms with van der Waals surface area (Å²) in [5, 5.41) is 6.06. The number of H-pyrrole nitrogens is 2. The zero-order chi connectivity index (χ0) is 44.8. The number of aromatic nitrogens is 4. The molecule has 8 atom stereocenters. The fraction of sp³-hybridized carbons (Fsp3) is 0.500. The number of ether oxygens (including phenoxy) is 4. The molecule has 2 aromatic carbocycles. The Morgan fingerprint density at radius 3 is 1.66 bits per heavy atom. The van der Waals surface area contributed by atoms with Gasteiger partial charge in [0.1, 0.15) is 34.6 Å². The third-order valence-electron chi connectivity index (χ3n) is 14.3. The number of fused-ring (bicyclic) bond motifs is 2. The lowest BCUT2D eigenvalue weighted by Crippen LogP contribution is -2.54. The summed E-state index contributed by atoms with van der Waals surface area (Å²) in [7, 11) is 2.62. The molecule has 6 fully saturated rings. The van der Waals surface area contributed by atoms with Crippen LogP contribution in [-0.4, -0.2) is 119 Å². The number of nitrogens with zero attached hydrogens (tertiary/aromatic N) is 4. The minimum Gasteiger partial charge on any atom is -0.453 e. The lowest BCUT2D eigenvalue weighted by atomic mass is 9.90. The number of aromatic amines is 2. The molecule has 10 rings (SSSR count). The number of amides is 4. The Hall–Kier alpha value is -5.89. The van der Waals surface area contributed by atoms with Crippen molar-refractivity contribution >= 4 is 35.6 Å². The highest BCUT2D eigenvalue weighted by Gasteiger charge is 2.58. The van der Waals surface area contributed by atoms with Crippen LogP contribution in [0, 0.1) is 35.5 Å². The molecule has 2 aliphatic carbocycles. The smallest absolute Gasteiger partial charge is 0.407 e. The Balaban J connectivity index is 0.792. The van der Waals surface area contributed by atoms with Crippen LogP contribution in [0.15, 0.2) is 54.7 Å². The monoisotopic (exact) mass is 904 g/mol. The number of carbonyl (C=O) groups excluding carboxylic acids is 4. The fourth-order valence-electron chi connectivity index (χ4n) is 10.5. The van der Waals surface area contributed by atoms with Gasteiger partial charge in [-0.3, -0.25) is 9.59 Å². The van der Waals surface area contributed by atoms with E-state index >= 15 is 0 Å². The van der Waals surface area contributed by atoms with Crippen molar-refractivity contribution in [3.8, 4) is 34.4 Å². The van der Waals surface area contributed by atoms with Crippen LogP contribution in [0.5, 0.6) is 0 Å². The maximum absolute atomic E-state index is 14.2. The maximum atomic E-state index is 14.2. The standard InChI is InChI=1S/C48H53ClN8O8/c1-62-47(60)53-40(30-13-17-64-18-14-30)45(58)56-35-21-32(35)23-37(56)43-50-25-34(51-43)28-9-5-26(6-10-28)3-4-27-7-11-29(12-8-27)39-42(49)55-44(52-39)38-24-33-22-36(33)57(38)46(59)41(54-48(61)63-2)31-15-19-65-20-16-31/h5-12,25,30-33,35-38,40-41H,13-24H2,1-2H3,(H,50,51)(H,52,55)(H,53,60)(H,54,61)/t32-,33-,35-,36-,37+,38+,40-,41+/m1/s1. The SMILES string of the molecule is COC(=O)N[C@H](C(=O)N1[C@@H]2C[C@@H]2C[C@H]1c1nc(-c2ccc(C#Cc3ccc(-c4cnc([C@@H]5C[C@H]6C[C@H]6N5C(=O)[C@H](NC(=O)OC)C5CCOCC5)[nH]4)cc3)cc2)c(Cl)[nH]1)C1CCOCC1. The lowest BCUT2D eigenvalue weighted by Gasteiger charge is -2.35. The number of rotatable bonds is 10. The molecule has 0 spiro atoms. The molecule has 0 unspecified atom stereocenters. The van der Waals surface area contributed by atoms with E-state index in [0.29, 0.717) is 80.6 Å². The highest BCUT2D eigenvalue weighted by atomic mass is 35.5. The quantitative estimate of drug-likeness (QED) is 0.134. The van der Waals surface area contributed by atoms with Gasteiger partial charge in [0, 0.05) is 55.2 Å². The first-order chi connectivity index (χ1) is 31.7. The summed E-state index contributed by atoms with van der Waals surface area (Å²) in [6.07, 6.45) is 6.81. The Morgan fingerprint density at radius 1 is 0.692 bits per heavy atom. The summed E-state index contributed by atoms with van der Waals surface area (Å²) >= 11 is 6.78. The Kier molecular flexibility index (Phi) is 12.0. The van der Waals surface area contributed by atoms with E-state index < -0.39 is 24.3 Å². The normalized spacial score (nSPS) is 25.6. The molecule has 4 amide bonds. The third kappa shape index (κ3) is 8.81. The number of hydrogen-bond donors (Lipinski definition) is 4. The molecular formula is C48H53ClN8O8. The van der Waals surface area contributed by atoms with Crippen molar-refractivity contribution in [2.24, 2.45) is 23.7 Å². The van der Waals surface area contributed by atoms with Crippen molar-refractivity contribution in [3.05, 3.63) is 82.7 Å². The van der Waals surface area contributed by atoms with Crippen LogP contribution in [0.25, 0.3) is 22.5 Å². The number of benzene rings is 2. The van der Waals surface area contributed by atoms with E-state index in [0.717, 1.165) is 59.5 Å². The molecule has 4 saturated heterocycles. The van der Waals surface area contributed by atoms with Gasteiger partial charge in [0.2, 0.25) is 11.8 Å². The number of nitrogens with one attached hydrogen (secondary N) is 4. The number of alkyl carbamates (subject to hydrolysis) is 2. The van der Waals surface area contributed by atoms with Gasteiger partial charge in [-0.1, -0.05) is 47.7 Å². The van der Waals surface area contributed by atoms with Gasteiger partial charge in [-0.25, -0.2) is 19.6 Å². The lowest BCUT2D eigenvalue weighted by molar-refractivity contribution is -0.138. The number of imidazole rings is 2. The van der Waals surface area contributed by atoms with Crippen LogP contribution in [0.3, 0.4) is 0 Å². The Labute approximate surface area is 381 Å². The van der Waals surface area contributed by atoms with E-state index in [9.17, 15) is 19.2 Å². The fourth-order valence-corrected chi connectivity index (χ4v) is 10.8. The summed E-state index contributed by atoms with van der Waals surface area (Å²) in [5.74, 6) is 8.41. The van der Waals surface area contributed by atoms with Gasteiger partial charge in [0.25, 0.3) is 0 Å². The van der Waals surface area contributed by atoms with Crippen LogP contribution in [0.2, 0.25) is 5.15 Å². The first kappa shape index (κ1) is 43.0. The summed E-state index contributed by atoms with van der Waals surface area (Å²) < 4.78 is 20.9. The minimum absolute atomic E-state index is 0.0291. The number of methoxy groups -OCH3 is 2. The molecule has 4 aromatic rings. The van der Waals surface area contributed by atoms with Crippen LogP contribution >= 0.6 is 11.6 Å².